The van der Waals surface area contributed by atoms with Crippen LogP contribution in [-0.4, -0.2) is 24.0 Å². The van der Waals surface area contributed by atoms with Crippen molar-refractivity contribution in [2.75, 3.05) is 7.11 Å². The molecule has 2 aromatic rings. The molecule has 0 amide bonds. The highest BCUT2D eigenvalue weighted by molar-refractivity contribution is 7.85. The zero-order chi connectivity index (χ0) is 19.1. The van der Waals surface area contributed by atoms with E-state index in [1.165, 1.54) is 29.7 Å². The van der Waals surface area contributed by atoms with Crippen LogP contribution in [0.25, 0.3) is 10.8 Å². The van der Waals surface area contributed by atoms with Gasteiger partial charge in [0.2, 0.25) is 0 Å². The Morgan fingerprint density at radius 3 is 2.54 bits per heavy atom. The number of hydrogen-bond acceptors (Lipinski definition) is 4. The monoisotopic (exact) mass is 367 g/mol. The second-order valence-electron chi connectivity index (χ2n) is 7.67. The van der Waals surface area contributed by atoms with Gasteiger partial charge in [-0.3, -0.25) is 4.99 Å². The molecule has 1 N–H and O–H groups in total. The number of benzene rings is 2. The van der Waals surface area contributed by atoms with Crippen LogP contribution in [0.3, 0.4) is 0 Å². The predicted molar refractivity (Wildman–Crippen MR) is 113 cm³/mol. The fourth-order valence-corrected chi connectivity index (χ4v) is 3.73. The number of hydrogen-bond donors (Lipinski definition) is 2. The maximum Gasteiger partial charge on any atom is 0.151 e. The van der Waals surface area contributed by atoms with E-state index >= 15 is 0 Å². The van der Waals surface area contributed by atoms with Crippen LogP contribution in [0.5, 0.6) is 0 Å². The van der Waals surface area contributed by atoms with Crippen LogP contribution in [0, 0.1) is 0 Å². The van der Waals surface area contributed by atoms with Crippen molar-refractivity contribution in [3.63, 3.8) is 0 Å². The SMILES string of the molecule is C=C(S)C1=NC(/C(O)=C/OC)Cc2c1cc(C(C)(C)C)c1ccccc21. The largest absolute Gasteiger partial charge is 0.507 e. The molecule has 0 aromatic heterocycles. The van der Waals surface area contributed by atoms with Crippen molar-refractivity contribution in [3.05, 3.63) is 70.5 Å². The molecular weight excluding hydrogens is 342 g/mol. The van der Waals surface area contributed by atoms with Crippen LogP contribution >= 0.6 is 12.6 Å². The lowest BCUT2D eigenvalue weighted by Crippen LogP contribution is -2.25. The second kappa shape index (κ2) is 6.84. The summed E-state index contributed by atoms with van der Waals surface area (Å²) in [7, 11) is 1.51. The van der Waals surface area contributed by atoms with E-state index in [-0.39, 0.29) is 11.2 Å². The molecule has 26 heavy (non-hydrogen) atoms. The Bertz CT molecular complexity index is 935. The third-order valence-electron chi connectivity index (χ3n) is 4.76. The van der Waals surface area contributed by atoms with Gasteiger partial charge in [0.05, 0.1) is 12.8 Å². The summed E-state index contributed by atoms with van der Waals surface area (Å²) in [6.07, 6.45) is 1.94. The number of aliphatic imine (C=N–C) groups is 1. The lowest BCUT2D eigenvalue weighted by atomic mass is 9.78. The highest BCUT2D eigenvalue weighted by Crippen LogP contribution is 2.38. The van der Waals surface area contributed by atoms with E-state index in [1.54, 1.807) is 0 Å². The van der Waals surface area contributed by atoms with E-state index in [2.05, 4.69) is 70.3 Å². The molecule has 4 heteroatoms. The number of nitrogens with zero attached hydrogens (tertiary/aromatic N) is 1. The summed E-state index contributed by atoms with van der Waals surface area (Å²) in [5, 5.41) is 12.8. The Morgan fingerprint density at radius 1 is 1.31 bits per heavy atom. The van der Waals surface area contributed by atoms with Gasteiger partial charge in [-0.15, -0.1) is 12.6 Å². The number of allylic oxidation sites excluding steroid dienone is 1. The van der Waals surface area contributed by atoms with E-state index in [9.17, 15) is 5.11 Å². The predicted octanol–water partition coefficient (Wildman–Crippen LogP) is 5.34. The summed E-state index contributed by atoms with van der Waals surface area (Å²) in [5.41, 5.74) is 4.20. The van der Waals surface area contributed by atoms with Gasteiger partial charge in [-0.05, 0) is 33.4 Å². The Kier molecular flexibility index (Phi) is 4.89. The zero-order valence-corrected chi connectivity index (χ0v) is 16.6. The average Bonchev–Trinajstić information content (AvgIpc) is 2.59. The lowest BCUT2D eigenvalue weighted by Gasteiger charge is -2.29. The molecule has 2 aromatic carbocycles. The van der Waals surface area contributed by atoms with Gasteiger partial charge in [-0.25, -0.2) is 0 Å². The van der Waals surface area contributed by atoms with Crippen molar-refractivity contribution in [2.45, 2.75) is 38.6 Å². The first-order chi connectivity index (χ1) is 12.2. The third kappa shape index (κ3) is 3.26. The van der Waals surface area contributed by atoms with Crippen molar-refractivity contribution in [1.82, 2.24) is 0 Å². The van der Waals surface area contributed by atoms with Crippen LogP contribution in [-0.2, 0) is 16.6 Å². The third-order valence-corrected chi connectivity index (χ3v) is 4.97. The minimum Gasteiger partial charge on any atom is -0.507 e. The lowest BCUT2D eigenvalue weighted by molar-refractivity contribution is 0.281. The average molecular weight is 368 g/mol. The molecule has 0 aliphatic carbocycles. The first kappa shape index (κ1) is 18.6. The summed E-state index contributed by atoms with van der Waals surface area (Å²) in [4.78, 5) is 5.31. The molecule has 3 rings (SSSR count). The van der Waals surface area contributed by atoms with Gasteiger partial charge in [0, 0.05) is 16.9 Å². The highest BCUT2D eigenvalue weighted by Gasteiger charge is 2.29. The normalized spacial score (nSPS) is 17.7. The summed E-state index contributed by atoms with van der Waals surface area (Å²) in [5.74, 6) is 0.106. The number of aliphatic hydroxyl groups excluding tert-OH is 1. The van der Waals surface area contributed by atoms with E-state index in [0.717, 1.165) is 16.8 Å². The van der Waals surface area contributed by atoms with Crippen molar-refractivity contribution < 1.29 is 9.84 Å². The molecule has 0 bridgehead atoms. The molecule has 1 atom stereocenters. The quantitative estimate of drug-likeness (QED) is 0.568. The molecule has 0 fully saturated rings. The number of methoxy groups -OCH3 is 1. The number of rotatable bonds is 3. The topological polar surface area (TPSA) is 41.8 Å². The summed E-state index contributed by atoms with van der Waals surface area (Å²) in [6.45, 7) is 10.6. The Hall–Kier alpha value is -2.20. The molecule has 0 saturated carbocycles. The van der Waals surface area contributed by atoms with Crippen LogP contribution in [0.2, 0.25) is 0 Å². The van der Waals surface area contributed by atoms with E-state index in [4.69, 9.17) is 9.73 Å². The standard InChI is InChI=1S/C22H25NO2S/c1-13(26)21-17-10-18(22(2,3)4)15-9-7-6-8-14(15)16(17)11-19(23-21)20(24)12-25-5/h6-10,12,19,24,26H,1,11H2,2-5H3/b20-12-. The van der Waals surface area contributed by atoms with Gasteiger partial charge in [0.1, 0.15) is 12.3 Å². The molecule has 136 valence electrons. The molecular formula is C22H25NO2S. The summed E-state index contributed by atoms with van der Waals surface area (Å²) in [6, 6.07) is 10.2. The first-order valence-electron chi connectivity index (χ1n) is 8.67. The maximum atomic E-state index is 10.3. The van der Waals surface area contributed by atoms with Gasteiger partial charge in [0.15, 0.2) is 5.76 Å². The number of ether oxygens (including phenoxy) is 1. The van der Waals surface area contributed by atoms with Crippen LogP contribution in [0.15, 0.2) is 58.8 Å². The highest BCUT2D eigenvalue weighted by atomic mass is 32.1. The second-order valence-corrected chi connectivity index (χ2v) is 8.21. The zero-order valence-electron chi connectivity index (χ0n) is 15.7. The molecule has 3 nitrogen and oxygen atoms in total. The fourth-order valence-electron chi connectivity index (χ4n) is 3.55. The molecule has 1 unspecified atom stereocenters. The molecule has 1 aliphatic rings. The van der Waals surface area contributed by atoms with Crippen LogP contribution in [0.4, 0.5) is 0 Å². The molecule has 1 heterocycles. The van der Waals surface area contributed by atoms with Gasteiger partial charge >= 0.3 is 0 Å². The van der Waals surface area contributed by atoms with Gasteiger partial charge in [-0.2, -0.15) is 0 Å². The minimum atomic E-state index is -0.398. The van der Waals surface area contributed by atoms with E-state index < -0.39 is 6.04 Å². The van der Waals surface area contributed by atoms with Crippen LogP contribution in [0.1, 0.15) is 37.5 Å². The van der Waals surface area contributed by atoms with E-state index in [0.29, 0.717) is 11.3 Å². The number of aliphatic hydroxyl groups is 1. The maximum absolute atomic E-state index is 10.3. The van der Waals surface area contributed by atoms with Crippen molar-refractivity contribution >= 4 is 29.1 Å². The van der Waals surface area contributed by atoms with Crippen molar-refractivity contribution in [2.24, 2.45) is 4.99 Å². The van der Waals surface area contributed by atoms with Crippen molar-refractivity contribution in [3.8, 4) is 0 Å². The summed E-state index contributed by atoms with van der Waals surface area (Å²) < 4.78 is 4.97. The minimum absolute atomic E-state index is 0.00733. The molecule has 0 saturated heterocycles. The number of thiol groups is 1. The molecule has 0 radical (unpaired) electrons. The Morgan fingerprint density at radius 2 is 1.96 bits per heavy atom. The Balaban J connectivity index is 2.33. The fraction of sp³-hybridized carbons (Fsp3) is 0.318. The Labute approximate surface area is 160 Å². The smallest absolute Gasteiger partial charge is 0.151 e. The van der Waals surface area contributed by atoms with Gasteiger partial charge in [-0.1, -0.05) is 51.6 Å². The molecule has 1 aliphatic heterocycles. The number of fused-ring (bicyclic) bond motifs is 3. The summed E-state index contributed by atoms with van der Waals surface area (Å²) >= 11 is 4.47. The first-order valence-corrected chi connectivity index (χ1v) is 9.12. The van der Waals surface area contributed by atoms with Crippen molar-refractivity contribution in [1.29, 1.82) is 0 Å². The van der Waals surface area contributed by atoms with Gasteiger partial charge in [0.25, 0.3) is 0 Å². The van der Waals surface area contributed by atoms with Crippen LogP contribution < -0.4 is 0 Å². The van der Waals surface area contributed by atoms with Gasteiger partial charge < -0.3 is 9.84 Å². The van der Waals surface area contributed by atoms with E-state index in [1.807, 2.05) is 0 Å². The molecule has 0 spiro atoms.